The molecule has 3 nitrogen and oxygen atoms in total. The van der Waals surface area contributed by atoms with E-state index in [0.29, 0.717) is 12.6 Å². The first-order chi connectivity index (χ1) is 15.2. The van der Waals surface area contributed by atoms with Crippen molar-refractivity contribution in [2.24, 2.45) is 0 Å². The third-order valence-corrected chi connectivity index (χ3v) is 5.82. The number of hydrogen-bond acceptors (Lipinski definition) is 3. The molecule has 0 amide bonds. The molecule has 1 N–H and O–H groups in total. The van der Waals surface area contributed by atoms with Gasteiger partial charge < -0.3 is 9.84 Å². The zero-order valence-corrected chi connectivity index (χ0v) is 18.8. The van der Waals surface area contributed by atoms with Crippen molar-refractivity contribution in [3.63, 3.8) is 0 Å². The lowest BCUT2D eigenvalue weighted by Crippen LogP contribution is -2.35. The Morgan fingerprint density at radius 2 is 1.16 bits per heavy atom. The highest BCUT2D eigenvalue weighted by molar-refractivity contribution is 5.47. The Kier molecular flexibility index (Phi) is 8.84. The number of hydrogen-bond donors (Lipinski definition) is 1. The van der Waals surface area contributed by atoms with E-state index in [1.165, 1.54) is 0 Å². The minimum Gasteiger partial charge on any atom is -0.395 e. The third-order valence-electron chi connectivity index (χ3n) is 5.82. The highest BCUT2D eigenvalue weighted by Gasteiger charge is 2.37. The maximum absolute atomic E-state index is 9.31. The van der Waals surface area contributed by atoms with Gasteiger partial charge in [-0.3, -0.25) is 4.90 Å². The van der Waals surface area contributed by atoms with Crippen molar-refractivity contribution in [3.8, 4) is 0 Å². The van der Waals surface area contributed by atoms with Crippen molar-refractivity contribution in [3.05, 3.63) is 108 Å². The summed E-state index contributed by atoms with van der Waals surface area (Å²) in [5.41, 5.74) is 2.76. The summed E-state index contributed by atoms with van der Waals surface area (Å²) in [6.45, 7) is 6.91. The first kappa shape index (κ1) is 23.2. The van der Waals surface area contributed by atoms with Crippen LogP contribution in [0, 0.1) is 0 Å². The van der Waals surface area contributed by atoms with E-state index in [1.54, 1.807) is 0 Å². The molecule has 0 atom stereocenters. The highest BCUT2D eigenvalue weighted by Crippen LogP contribution is 2.40. The fourth-order valence-corrected chi connectivity index (χ4v) is 4.17. The van der Waals surface area contributed by atoms with Gasteiger partial charge >= 0.3 is 0 Å². The van der Waals surface area contributed by atoms with Crippen LogP contribution >= 0.6 is 0 Å². The number of aliphatic hydroxyl groups is 1. The zero-order chi connectivity index (χ0) is 21.9. The second kappa shape index (κ2) is 11.8. The normalized spacial score (nSPS) is 11.9. The lowest BCUT2D eigenvalue weighted by molar-refractivity contribution is 0.00948. The predicted octanol–water partition coefficient (Wildman–Crippen LogP) is 5.48. The number of ether oxygens (including phenoxy) is 1. The van der Waals surface area contributed by atoms with Crippen molar-refractivity contribution in [1.29, 1.82) is 0 Å². The van der Waals surface area contributed by atoms with Gasteiger partial charge in [-0.05, 0) is 49.9 Å². The molecule has 0 fully saturated rings. The van der Waals surface area contributed by atoms with Gasteiger partial charge in [0.05, 0.1) is 6.61 Å². The Morgan fingerprint density at radius 1 is 0.710 bits per heavy atom. The Labute approximate surface area is 187 Å². The summed E-state index contributed by atoms with van der Waals surface area (Å²) in [5, 5.41) is 9.31. The minimum absolute atomic E-state index is 0.202. The largest absolute Gasteiger partial charge is 0.395 e. The van der Waals surface area contributed by atoms with E-state index in [4.69, 9.17) is 4.74 Å². The summed E-state index contributed by atoms with van der Waals surface area (Å²) < 4.78 is 6.82. The summed E-state index contributed by atoms with van der Waals surface area (Å²) in [6.07, 6.45) is 2.00. The topological polar surface area (TPSA) is 32.7 Å². The first-order valence-electron chi connectivity index (χ1n) is 11.3. The molecule has 0 aliphatic carbocycles. The first-order valence-corrected chi connectivity index (χ1v) is 11.3. The lowest BCUT2D eigenvalue weighted by Gasteiger charge is -2.36. The van der Waals surface area contributed by atoms with Crippen molar-refractivity contribution >= 4 is 0 Å². The molecule has 3 aromatic carbocycles. The van der Waals surface area contributed by atoms with E-state index in [0.717, 1.165) is 42.6 Å². The van der Waals surface area contributed by atoms with Gasteiger partial charge in [0.25, 0.3) is 0 Å². The monoisotopic (exact) mass is 417 g/mol. The van der Waals surface area contributed by atoms with Gasteiger partial charge in [-0.15, -0.1) is 0 Å². The summed E-state index contributed by atoms with van der Waals surface area (Å²) in [5.74, 6) is 0. The van der Waals surface area contributed by atoms with Crippen LogP contribution in [0.3, 0.4) is 0 Å². The van der Waals surface area contributed by atoms with Crippen LogP contribution in [-0.2, 0) is 10.3 Å². The van der Waals surface area contributed by atoms with Crippen LogP contribution in [0.2, 0.25) is 0 Å². The van der Waals surface area contributed by atoms with Crippen LogP contribution in [0.1, 0.15) is 43.4 Å². The van der Waals surface area contributed by atoms with Gasteiger partial charge in [-0.2, -0.15) is 0 Å². The van der Waals surface area contributed by atoms with Crippen LogP contribution in [-0.4, -0.2) is 42.4 Å². The van der Waals surface area contributed by atoms with Gasteiger partial charge in [0.2, 0.25) is 0 Å². The average molecular weight is 418 g/mol. The van der Waals surface area contributed by atoms with E-state index in [9.17, 15) is 5.11 Å². The molecule has 0 radical (unpaired) electrons. The third kappa shape index (κ3) is 5.82. The van der Waals surface area contributed by atoms with E-state index < -0.39 is 5.60 Å². The molecule has 164 valence electrons. The number of unbranched alkanes of at least 4 members (excludes halogenated alkanes) is 1. The summed E-state index contributed by atoms with van der Waals surface area (Å²) in [7, 11) is 0. The number of benzene rings is 3. The summed E-state index contributed by atoms with van der Waals surface area (Å²) >= 11 is 0. The molecular formula is C28H35NO2. The van der Waals surface area contributed by atoms with Gasteiger partial charge in [0.15, 0.2) is 0 Å². The van der Waals surface area contributed by atoms with Gasteiger partial charge in [-0.25, -0.2) is 0 Å². The number of aliphatic hydroxyl groups excluding tert-OH is 1. The van der Waals surface area contributed by atoms with E-state index in [2.05, 4.69) is 91.5 Å². The Morgan fingerprint density at radius 3 is 1.55 bits per heavy atom. The standard InChI is InChI=1S/C28H35NO2/c1-24(2)29(21-22-30)20-12-13-23-31-28(25-14-6-3-7-15-25,26-16-8-4-9-17-26)27-18-10-5-11-19-27/h3-11,14-19,24,30H,12-13,20-23H2,1-2H3. The molecule has 0 aliphatic heterocycles. The fraction of sp³-hybridized carbons (Fsp3) is 0.357. The molecule has 0 aliphatic rings. The van der Waals surface area contributed by atoms with Gasteiger partial charge in [-0.1, -0.05) is 91.0 Å². The molecule has 3 aromatic rings. The van der Waals surface area contributed by atoms with Gasteiger partial charge in [0, 0.05) is 19.2 Å². The van der Waals surface area contributed by atoms with Crippen LogP contribution in [0.4, 0.5) is 0 Å². The summed E-state index contributed by atoms with van der Waals surface area (Å²) in [4.78, 5) is 2.32. The Balaban J connectivity index is 1.85. The van der Waals surface area contributed by atoms with Crippen LogP contribution < -0.4 is 0 Å². The van der Waals surface area contributed by atoms with Gasteiger partial charge in [0.1, 0.15) is 5.60 Å². The van der Waals surface area contributed by atoms with E-state index >= 15 is 0 Å². The number of rotatable bonds is 12. The maximum atomic E-state index is 9.31. The molecular weight excluding hydrogens is 382 g/mol. The Hall–Kier alpha value is -2.46. The molecule has 3 rings (SSSR count). The predicted molar refractivity (Wildman–Crippen MR) is 128 cm³/mol. The SMILES string of the molecule is CC(C)N(CCO)CCCCOC(c1ccccc1)(c1ccccc1)c1ccccc1. The van der Waals surface area contributed by atoms with Crippen molar-refractivity contribution in [1.82, 2.24) is 4.90 Å². The second-order valence-electron chi connectivity index (χ2n) is 8.19. The molecule has 0 unspecified atom stereocenters. The smallest absolute Gasteiger partial charge is 0.143 e. The molecule has 3 heteroatoms. The van der Waals surface area contributed by atoms with Crippen LogP contribution in [0.15, 0.2) is 91.0 Å². The molecule has 0 aromatic heterocycles. The maximum Gasteiger partial charge on any atom is 0.143 e. The Bertz CT molecular complexity index is 769. The highest BCUT2D eigenvalue weighted by atomic mass is 16.5. The number of nitrogens with zero attached hydrogens (tertiary/aromatic N) is 1. The molecule has 0 saturated heterocycles. The van der Waals surface area contributed by atoms with Crippen LogP contribution in [0.5, 0.6) is 0 Å². The fourth-order valence-electron chi connectivity index (χ4n) is 4.17. The zero-order valence-electron chi connectivity index (χ0n) is 18.8. The van der Waals surface area contributed by atoms with Crippen molar-refractivity contribution in [2.45, 2.75) is 38.3 Å². The van der Waals surface area contributed by atoms with Crippen molar-refractivity contribution in [2.75, 3.05) is 26.3 Å². The van der Waals surface area contributed by atoms with Crippen LogP contribution in [0.25, 0.3) is 0 Å². The minimum atomic E-state index is -0.646. The molecule has 0 bridgehead atoms. The van der Waals surface area contributed by atoms with E-state index in [-0.39, 0.29) is 6.61 Å². The summed E-state index contributed by atoms with van der Waals surface area (Å²) in [6, 6.07) is 32.0. The van der Waals surface area contributed by atoms with E-state index in [1.807, 2.05) is 18.2 Å². The lowest BCUT2D eigenvalue weighted by atomic mass is 9.80. The quantitative estimate of drug-likeness (QED) is 0.313. The molecule has 0 saturated carbocycles. The average Bonchev–Trinajstić information content (AvgIpc) is 2.82. The second-order valence-corrected chi connectivity index (χ2v) is 8.19. The molecule has 0 heterocycles. The molecule has 0 spiro atoms. The van der Waals surface area contributed by atoms with Crippen molar-refractivity contribution < 1.29 is 9.84 Å². The molecule has 31 heavy (non-hydrogen) atoms.